The smallest absolute Gasteiger partial charge is 0.188 e. The minimum absolute atomic E-state index is 0.542. The normalized spacial score (nSPS) is 11.9. The first-order valence-electron chi connectivity index (χ1n) is 8.10. The molecule has 0 bridgehead atoms. The zero-order valence-electron chi connectivity index (χ0n) is 14.2. The third kappa shape index (κ3) is 6.02. The fraction of sp³-hybridized carbons (Fsp3) is 0.444. The summed E-state index contributed by atoms with van der Waals surface area (Å²) in [6.07, 6.45) is 2.00. The highest BCUT2D eigenvalue weighted by Crippen LogP contribution is 2.21. The number of aliphatic imine (C=N–C) groups is 1. The molecule has 2 rings (SSSR count). The molecule has 0 aliphatic heterocycles. The Morgan fingerprint density at radius 2 is 2.04 bits per heavy atom. The van der Waals surface area contributed by atoms with Crippen molar-refractivity contribution in [2.45, 2.75) is 33.6 Å². The second-order valence-electron chi connectivity index (χ2n) is 6.07. The minimum Gasteiger partial charge on any atom is -0.370 e. The van der Waals surface area contributed by atoms with Crippen molar-refractivity contribution in [3.05, 3.63) is 40.2 Å². The second-order valence-corrected chi connectivity index (χ2v) is 7.14. The predicted molar refractivity (Wildman–Crippen MR) is 99.9 cm³/mol. The van der Waals surface area contributed by atoms with Crippen LogP contribution in [0.2, 0.25) is 0 Å². The molecule has 0 atom stereocenters. The highest BCUT2D eigenvalue weighted by molar-refractivity contribution is 7.09. The van der Waals surface area contributed by atoms with Gasteiger partial charge in [0.15, 0.2) is 5.96 Å². The third-order valence-corrected chi connectivity index (χ3v) is 4.35. The van der Waals surface area contributed by atoms with Gasteiger partial charge < -0.3 is 11.1 Å². The number of nitrogens with two attached hydrogens (primary N) is 1. The van der Waals surface area contributed by atoms with Gasteiger partial charge in [-0.2, -0.15) is 0 Å². The van der Waals surface area contributed by atoms with Gasteiger partial charge in [0.1, 0.15) is 0 Å². The number of nitrogens with zero attached hydrogens (tertiary/aromatic N) is 2. The Bertz CT molecular complexity index is 629. The average molecular weight is 331 g/mol. The summed E-state index contributed by atoms with van der Waals surface area (Å²) >= 11 is 1.68. The van der Waals surface area contributed by atoms with E-state index in [4.69, 9.17) is 5.73 Å². The average Bonchev–Trinajstić information content (AvgIpc) is 2.94. The Hall–Kier alpha value is -1.88. The van der Waals surface area contributed by atoms with Crippen LogP contribution in [0.3, 0.4) is 0 Å². The summed E-state index contributed by atoms with van der Waals surface area (Å²) in [6, 6.07) is 8.56. The van der Waals surface area contributed by atoms with Crippen LogP contribution in [0.25, 0.3) is 11.3 Å². The second kappa shape index (κ2) is 8.67. The van der Waals surface area contributed by atoms with Crippen LogP contribution in [0.5, 0.6) is 0 Å². The molecular weight excluding hydrogens is 304 g/mol. The fourth-order valence-electron chi connectivity index (χ4n) is 2.17. The molecule has 0 spiro atoms. The summed E-state index contributed by atoms with van der Waals surface area (Å²) in [5, 5.41) is 6.37. The molecule has 0 saturated heterocycles. The molecule has 1 aromatic carbocycles. The Balaban J connectivity index is 1.78. The molecule has 3 N–H and O–H groups in total. The highest BCUT2D eigenvalue weighted by Gasteiger charge is 2.02. The molecule has 0 amide bonds. The summed E-state index contributed by atoms with van der Waals surface area (Å²) in [7, 11) is 0. The quantitative estimate of drug-likeness (QED) is 0.602. The van der Waals surface area contributed by atoms with Gasteiger partial charge in [-0.05, 0) is 31.2 Å². The maximum atomic E-state index is 5.86. The Morgan fingerprint density at radius 3 is 2.65 bits per heavy atom. The monoisotopic (exact) mass is 330 g/mol. The van der Waals surface area contributed by atoms with E-state index in [1.54, 1.807) is 11.3 Å². The molecule has 1 aromatic heterocycles. The van der Waals surface area contributed by atoms with Crippen molar-refractivity contribution in [2.24, 2.45) is 16.6 Å². The third-order valence-electron chi connectivity index (χ3n) is 3.58. The number of thiazole rings is 1. The Kier molecular flexibility index (Phi) is 6.59. The molecular formula is C18H26N4S. The van der Waals surface area contributed by atoms with E-state index < -0.39 is 0 Å². The van der Waals surface area contributed by atoms with E-state index in [1.807, 2.05) is 6.92 Å². The lowest BCUT2D eigenvalue weighted by atomic mass is 10.1. The number of aromatic nitrogens is 1. The number of hydrogen-bond donors (Lipinski definition) is 2. The standard InChI is InChI=1S/C18H26N4S/c1-13(2)8-10-20-18(19)21-11-9-15-4-6-16(7-5-15)17-12-23-14(3)22-17/h4-7,12-13H,8-11H2,1-3H3,(H3,19,20,21). The maximum absolute atomic E-state index is 5.86. The van der Waals surface area contributed by atoms with E-state index in [2.05, 4.69) is 58.8 Å². The van der Waals surface area contributed by atoms with Crippen LogP contribution in [0.4, 0.5) is 0 Å². The highest BCUT2D eigenvalue weighted by atomic mass is 32.1. The van der Waals surface area contributed by atoms with E-state index in [-0.39, 0.29) is 0 Å². The van der Waals surface area contributed by atoms with E-state index in [0.29, 0.717) is 11.9 Å². The number of aryl methyl sites for hydroxylation is 1. The molecule has 124 valence electrons. The number of guanidine groups is 1. The molecule has 0 aliphatic carbocycles. The first-order valence-corrected chi connectivity index (χ1v) is 8.98. The first kappa shape index (κ1) is 17.5. The van der Waals surface area contributed by atoms with Crippen molar-refractivity contribution in [2.75, 3.05) is 13.1 Å². The fourth-order valence-corrected chi connectivity index (χ4v) is 2.79. The maximum Gasteiger partial charge on any atom is 0.188 e. The van der Waals surface area contributed by atoms with Gasteiger partial charge >= 0.3 is 0 Å². The summed E-state index contributed by atoms with van der Waals surface area (Å²) in [6.45, 7) is 8.00. The van der Waals surface area contributed by atoms with Gasteiger partial charge in [-0.25, -0.2) is 4.98 Å². The van der Waals surface area contributed by atoms with Crippen LogP contribution in [-0.2, 0) is 6.42 Å². The Morgan fingerprint density at radius 1 is 1.30 bits per heavy atom. The minimum atomic E-state index is 0.542. The van der Waals surface area contributed by atoms with Crippen LogP contribution in [-0.4, -0.2) is 24.0 Å². The molecule has 0 fully saturated rings. The van der Waals surface area contributed by atoms with E-state index in [1.165, 1.54) is 11.1 Å². The van der Waals surface area contributed by atoms with Crippen molar-refractivity contribution in [1.29, 1.82) is 0 Å². The van der Waals surface area contributed by atoms with Gasteiger partial charge in [0.2, 0.25) is 0 Å². The van der Waals surface area contributed by atoms with Gasteiger partial charge in [-0.3, -0.25) is 4.99 Å². The SMILES string of the molecule is Cc1nc(-c2ccc(CCNC(N)=NCCC(C)C)cc2)cs1. The van der Waals surface area contributed by atoms with E-state index in [9.17, 15) is 0 Å². The van der Waals surface area contributed by atoms with Crippen LogP contribution in [0, 0.1) is 12.8 Å². The zero-order valence-corrected chi connectivity index (χ0v) is 15.0. The summed E-state index contributed by atoms with van der Waals surface area (Å²) in [4.78, 5) is 8.84. The van der Waals surface area contributed by atoms with E-state index in [0.717, 1.165) is 36.6 Å². The van der Waals surface area contributed by atoms with Crippen LogP contribution < -0.4 is 11.1 Å². The zero-order chi connectivity index (χ0) is 16.7. The molecule has 0 unspecified atom stereocenters. The van der Waals surface area contributed by atoms with Crippen molar-refractivity contribution >= 4 is 17.3 Å². The lowest BCUT2D eigenvalue weighted by molar-refractivity contribution is 0.595. The topological polar surface area (TPSA) is 63.3 Å². The van der Waals surface area contributed by atoms with Gasteiger partial charge in [-0.15, -0.1) is 11.3 Å². The van der Waals surface area contributed by atoms with Crippen LogP contribution >= 0.6 is 11.3 Å². The van der Waals surface area contributed by atoms with Crippen LogP contribution in [0.15, 0.2) is 34.6 Å². The van der Waals surface area contributed by atoms with Crippen molar-refractivity contribution in [1.82, 2.24) is 10.3 Å². The molecule has 0 aliphatic rings. The molecule has 23 heavy (non-hydrogen) atoms. The number of rotatable bonds is 7. The van der Waals surface area contributed by atoms with Crippen molar-refractivity contribution in [3.8, 4) is 11.3 Å². The lowest BCUT2D eigenvalue weighted by Gasteiger charge is -2.07. The van der Waals surface area contributed by atoms with Crippen LogP contribution in [0.1, 0.15) is 30.8 Å². The summed E-state index contributed by atoms with van der Waals surface area (Å²) < 4.78 is 0. The summed E-state index contributed by atoms with van der Waals surface area (Å²) in [5.41, 5.74) is 9.36. The van der Waals surface area contributed by atoms with Crippen molar-refractivity contribution in [3.63, 3.8) is 0 Å². The number of nitrogens with one attached hydrogen (secondary N) is 1. The lowest BCUT2D eigenvalue weighted by Crippen LogP contribution is -2.33. The Labute approximate surface area is 142 Å². The largest absolute Gasteiger partial charge is 0.370 e. The molecule has 0 saturated carbocycles. The number of hydrogen-bond acceptors (Lipinski definition) is 3. The van der Waals surface area contributed by atoms with Gasteiger partial charge in [0.05, 0.1) is 10.7 Å². The van der Waals surface area contributed by atoms with E-state index >= 15 is 0 Å². The molecule has 2 aromatic rings. The predicted octanol–water partition coefficient (Wildman–Crippen LogP) is 3.61. The van der Waals surface area contributed by atoms with Gasteiger partial charge in [0, 0.05) is 24.0 Å². The molecule has 1 heterocycles. The van der Waals surface area contributed by atoms with Crippen molar-refractivity contribution < 1.29 is 0 Å². The first-order chi connectivity index (χ1) is 11.0. The number of benzene rings is 1. The summed E-state index contributed by atoms with van der Waals surface area (Å²) in [5.74, 6) is 1.20. The molecule has 0 radical (unpaired) electrons. The van der Waals surface area contributed by atoms with Gasteiger partial charge in [0.25, 0.3) is 0 Å². The molecule has 4 nitrogen and oxygen atoms in total. The van der Waals surface area contributed by atoms with Gasteiger partial charge in [-0.1, -0.05) is 38.1 Å². The molecule has 5 heteroatoms.